The van der Waals surface area contributed by atoms with Crippen molar-refractivity contribution in [2.24, 2.45) is 5.92 Å². The molecule has 3 aromatic rings. The molecule has 4 heterocycles. The molecule has 1 aliphatic rings. The highest BCUT2D eigenvalue weighted by Gasteiger charge is 2.39. The molecular formula is C31H42N6OS. The maximum Gasteiger partial charge on any atom is 0.265 e. The lowest BCUT2D eigenvalue weighted by atomic mass is 9.91. The number of hydrogen-bond donors (Lipinski definition) is 2. The molecule has 1 amide bonds. The second-order valence-corrected chi connectivity index (χ2v) is 13.0. The number of hydrogen-bond acceptors (Lipinski definition) is 7. The van der Waals surface area contributed by atoms with Crippen molar-refractivity contribution in [2.45, 2.75) is 89.8 Å². The molecule has 0 saturated carbocycles. The summed E-state index contributed by atoms with van der Waals surface area (Å²) in [4.78, 5) is 30.1. The highest BCUT2D eigenvalue weighted by molar-refractivity contribution is 7.97. The smallest absolute Gasteiger partial charge is 0.265 e. The van der Waals surface area contributed by atoms with Gasteiger partial charge in [0, 0.05) is 59.5 Å². The Kier molecular flexibility index (Phi) is 8.84. The molecule has 0 radical (unpaired) electrons. The van der Waals surface area contributed by atoms with E-state index in [1.165, 1.54) is 11.9 Å². The maximum atomic E-state index is 13.5. The van der Waals surface area contributed by atoms with Crippen LogP contribution in [0.25, 0.3) is 0 Å². The van der Waals surface area contributed by atoms with E-state index in [1.807, 2.05) is 54.7 Å². The summed E-state index contributed by atoms with van der Waals surface area (Å²) in [7, 11) is 0. The highest BCUT2D eigenvalue weighted by Crippen LogP contribution is 2.38. The number of carbonyl (C=O) groups excluding carboxylic acids is 1. The fourth-order valence-corrected chi connectivity index (χ4v) is 5.79. The number of carbonyl (C=O) groups is 1. The fraction of sp³-hybridized carbons (Fsp3) is 0.484. The highest BCUT2D eigenvalue weighted by atomic mass is 32.2. The number of aromatic nitrogens is 3. The van der Waals surface area contributed by atoms with E-state index in [9.17, 15) is 4.79 Å². The van der Waals surface area contributed by atoms with E-state index in [4.69, 9.17) is 9.97 Å². The van der Waals surface area contributed by atoms with Gasteiger partial charge in [0.05, 0.1) is 5.56 Å². The monoisotopic (exact) mass is 546 g/mol. The summed E-state index contributed by atoms with van der Waals surface area (Å²) in [5.41, 5.74) is 2.44. The molecule has 39 heavy (non-hydrogen) atoms. The first-order valence-electron chi connectivity index (χ1n) is 13.9. The summed E-state index contributed by atoms with van der Waals surface area (Å²) < 4.78 is 3.02. The molecule has 0 bridgehead atoms. The Hall–Kier alpha value is -3.13. The molecule has 1 fully saturated rings. The number of anilines is 2. The van der Waals surface area contributed by atoms with Crippen molar-refractivity contribution in [3.63, 3.8) is 0 Å². The predicted molar refractivity (Wildman–Crippen MR) is 161 cm³/mol. The Labute approximate surface area is 237 Å². The summed E-state index contributed by atoms with van der Waals surface area (Å²) in [5.74, 6) is 1.91. The van der Waals surface area contributed by atoms with E-state index >= 15 is 0 Å². The summed E-state index contributed by atoms with van der Waals surface area (Å²) in [6.07, 6.45) is 4.65. The zero-order chi connectivity index (χ0) is 28.2. The van der Waals surface area contributed by atoms with Crippen LogP contribution >= 0.6 is 11.9 Å². The number of pyridine rings is 3. The molecule has 2 atom stereocenters. The Morgan fingerprint density at radius 1 is 1.13 bits per heavy atom. The molecule has 7 nitrogen and oxygen atoms in total. The van der Waals surface area contributed by atoms with Crippen LogP contribution in [0.1, 0.15) is 83.1 Å². The Morgan fingerprint density at radius 3 is 2.56 bits per heavy atom. The normalized spacial score (nSPS) is 17.6. The van der Waals surface area contributed by atoms with Crippen molar-refractivity contribution in [1.82, 2.24) is 19.7 Å². The molecule has 0 aliphatic carbocycles. The summed E-state index contributed by atoms with van der Waals surface area (Å²) in [6, 6.07) is 15.9. The van der Waals surface area contributed by atoms with Crippen LogP contribution in [-0.2, 0) is 11.8 Å². The molecule has 1 saturated heterocycles. The second kappa shape index (κ2) is 11.9. The van der Waals surface area contributed by atoms with Gasteiger partial charge in [-0.25, -0.2) is 9.97 Å². The summed E-state index contributed by atoms with van der Waals surface area (Å²) in [5, 5.41) is 4.24. The first kappa shape index (κ1) is 28.9. The van der Waals surface area contributed by atoms with Crippen LogP contribution in [0.5, 0.6) is 0 Å². The molecule has 0 aromatic carbocycles. The van der Waals surface area contributed by atoms with E-state index in [2.05, 4.69) is 68.4 Å². The second-order valence-electron chi connectivity index (χ2n) is 12.2. The minimum Gasteiger partial charge on any atom is -0.367 e. The van der Waals surface area contributed by atoms with Gasteiger partial charge in [-0.3, -0.25) is 14.5 Å². The molecule has 0 spiro atoms. The third-order valence-corrected chi connectivity index (χ3v) is 7.94. The molecule has 3 aromatic heterocycles. The van der Waals surface area contributed by atoms with Crippen LogP contribution < -0.4 is 14.9 Å². The molecule has 2 N–H and O–H groups in total. The van der Waals surface area contributed by atoms with E-state index in [0.717, 1.165) is 53.9 Å². The van der Waals surface area contributed by atoms with Crippen molar-refractivity contribution in [2.75, 3.05) is 16.8 Å². The summed E-state index contributed by atoms with van der Waals surface area (Å²) >= 11 is 1.23. The lowest BCUT2D eigenvalue weighted by Gasteiger charge is -2.34. The minimum atomic E-state index is -0.167. The van der Waals surface area contributed by atoms with Gasteiger partial charge in [-0.15, -0.1) is 0 Å². The standard InChI is InChI=1S/C31H42N6OS/c1-8-22(18-23-12-9-10-17-32-23)33-26-13-11-14-27(35-26)39-36-29(38)24-15-16-25(30(3,4)5)34-28(24)37-20-21(2)19-31(37,6)7/h9-17,21-22H,8,18-20H2,1-7H3,(H,33,35)(H,36,38). The van der Waals surface area contributed by atoms with Crippen molar-refractivity contribution < 1.29 is 4.79 Å². The SMILES string of the molecule is CCC(Cc1ccccn1)Nc1cccc(SNC(=O)c2ccc(C(C)(C)C)nc2N2CC(C)CC2(C)C)n1. The first-order chi connectivity index (χ1) is 18.5. The van der Waals surface area contributed by atoms with Crippen molar-refractivity contribution in [3.05, 3.63) is 71.7 Å². The van der Waals surface area contributed by atoms with Gasteiger partial charge in [0.25, 0.3) is 5.91 Å². The zero-order valence-corrected chi connectivity index (χ0v) is 25.1. The first-order valence-corrected chi connectivity index (χ1v) is 14.7. The van der Waals surface area contributed by atoms with Gasteiger partial charge < -0.3 is 10.2 Å². The van der Waals surface area contributed by atoms with Crippen LogP contribution in [0.2, 0.25) is 0 Å². The largest absolute Gasteiger partial charge is 0.367 e. The van der Waals surface area contributed by atoms with Crippen LogP contribution in [0.15, 0.2) is 59.8 Å². The predicted octanol–water partition coefficient (Wildman–Crippen LogP) is 6.66. The van der Waals surface area contributed by atoms with Crippen LogP contribution in [0, 0.1) is 5.92 Å². The van der Waals surface area contributed by atoms with E-state index < -0.39 is 0 Å². The van der Waals surface area contributed by atoms with Gasteiger partial charge >= 0.3 is 0 Å². The molecule has 4 rings (SSSR count). The van der Waals surface area contributed by atoms with Gasteiger partial charge in [0.2, 0.25) is 0 Å². The molecule has 208 valence electrons. The third-order valence-electron chi connectivity index (χ3n) is 7.22. The number of nitrogens with one attached hydrogen (secondary N) is 2. The van der Waals surface area contributed by atoms with Gasteiger partial charge in [-0.05, 0) is 69.0 Å². The Bertz CT molecular complexity index is 1270. The number of nitrogens with zero attached hydrogens (tertiary/aromatic N) is 4. The van der Waals surface area contributed by atoms with Crippen LogP contribution in [0.4, 0.5) is 11.6 Å². The van der Waals surface area contributed by atoms with E-state index in [1.54, 1.807) is 0 Å². The van der Waals surface area contributed by atoms with E-state index in [-0.39, 0.29) is 22.9 Å². The molecule has 2 unspecified atom stereocenters. The van der Waals surface area contributed by atoms with Crippen molar-refractivity contribution in [3.8, 4) is 0 Å². The topological polar surface area (TPSA) is 83.0 Å². The minimum absolute atomic E-state index is 0.0717. The number of rotatable bonds is 9. The quantitative estimate of drug-likeness (QED) is 0.290. The Balaban J connectivity index is 1.49. The Morgan fingerprint density at radius 2 is 1.92 bits per heavy atom. The number of amides is 1. The summed E-state index contributed by atoms with van der Waals surface area (Å²) in [6.45, 7) is 16.2. The molecule has 8 heteroatoms. The van der Waals surface area contributed by atoms with Gasteiger partial charge in [-0.1, -0.05) is 46.8 Å². The third kappa shape index (κ3) is 7.29. The maximum absolute atomic E-state index is 13.5. The average Bonchev–Trinajstić information content (AvgIpc) is 3.18. The van der Waals surface area contributed by atoms with Gasteiger partial charge in [0.15, 0.2) is 0 Å². The molecule has 1 aliphatic heterocycles. The zero-order valence-electron chi connectivity index (χ0n) is 24.3. The lowest BCUT2D eigenvalue weighted by Crippen LogP contribution is -2.40. The fourth-order valence-electron chi connectivity index (χ4n) is 5.19. The van der Waals surface area contributed by atoms with Crippen molar-refractivity contribution in [1.29, 1.82) is 0 Å². The average molecular weight is 547 g/mol. The van der Waals surface area contributed by atoms with Crippen LogP contribution in [0.3, 0.4) is 0 Å². The van der Waals surface area contributed by atoms with Gasteiger partial charge in [-0.2, -0.15) is 0 Å². The molecular weight excluding hydrogens is 504 g/mol. The lowest BCUT2D eigenvalue weighted by molar-refractivity contribution is 0.0984. The van der Waals surface area contributed by atoms with Crippen LogP contribution in [-0.4, -0.2) is 39.0 Å². The van der Waals surface area contributed by atoms with Crippen molar-refractivity contribution >= 4 is 29.5 Å². The van der Waals surface area contributed by atoms with E-state index in [0.29, 0.717) is 11.5 Å². The van der Waals surface area contributed by atoms with Gasteiger partial charge in [0.1, 0.15) is 16.7 Å².